The summed E-state index contributed by atoms with van der Waals surface area (Å²) >= 11 is 0. The molecule has 0 aliphatic carbocycles. The van der Waals surface area contributed by atoms with Gasteiger partial charge in [-0.15, -0.1) is 0 Å². The van der Waals surface area contributed by atoms with Crippen molar-refractivity contribution >= 4 is 11.8 Å². The van der Waals surface area contributed by atoms with Crippen LogP contribution in [-0.2, 0) is 16.1 Å². The molecule has 0 unspecified atom stereocenters. The van der Waals surface area contributed by atoms with E-state index in [1.807, 2.05) is 18.2 Å². The topological polar surface area (TPSA) is 80.6 Å². The number of hydrogen-bond donors (Lipinski definition) is 2. The van der Waals surface area contributed by atoms with E-state index in [0.717, 1.165) is 12.2 Å². The maximum Gasteiger partial charge on any atom is 0.251 e. The molecule has 2 N–H and O–H groups in total. The molecule has 2 rings (SSSR count). The van der Waals surface area contributed by atoms with Crippen LogP contribution >= 0.6 is 0 Å². The smallest absolute Gasteiger partial charge is 0.251 e. The van der Waals surface area contributed by atoms with Gasteiger partial charge in [0.1, 0.15) is 12.4 Å². The molecule has 128 valence electrons. The van der Waals surface area contributed by atoms with Crippen LogP contribution in [0.5, 0.6) is 0 Å². The highest BCUT2D eigenvalue weighted by Gasteiger charge is 2.05. The third-order valence-electron chi connectivity index (χ3n) is 3.29. The standard InChI is InChI=1S/C18H22N2O4/c21-17(9-11-20-18(22)15-6-2-1-3-7-15)19-10-5-12-23-14-16-8-4-13-24-16/h1-4,6-8,13H,5,9-12,14H2,(H,19,21)(H,20,22). The van der Waals surface area contributed by atoms with Crippen LogP contribution in [0.25, 0.3) is 0 Å². The third kappa shape index (κ3) is 6.66. The molecule has 0 radical (unpaired) electrons. The van der Waals surface area contributed by atoms with Gasteiger partial charge >= 0.3 is 0 Å². The van der Waals surface area contributed by atoms with Crippen molar-refractivity contribution in [2.45, 2.75) is 19.4 Å². The first kappa shape index (κ1) is 17.7. The van der Waals surface area contributed by atoms with Gasteiger partial charge in [-0.05, 0) is 30.7 Å². The highest BCUT2D eigenvalue weighted by atomic mass is 16.5. The zero-order valence-corrected chi connectivity index (χ0v) is 13.5. The Balaban J connectivity index is 1.47. The van der Waals surface area contributed by atoms with Crippen molar-refractivity contribution in [3.8, 4) is 0 Å². The Hall–Kier alpha value is -2.60. The number of benzene rings is 1. The maximum absolute atomic E-state index is 11.8. The lowest BCUT2D eigenvalue weighted by atomic mass is 10.2. The molecule has 1 aromatic heterocycles. The number of nitrogens with one attached hydrogen (secondary N) is 2. The molecule has 0 atom stereocenters. The fraction of sp³-hybridized carbons (Fsp3) is 0.333. The lowest BCUT2D eigenvalue weighted by molar-refractivity contribution is -0.121. The molecular weight excluding hydrogens is 308 g/mol. The summed E-state index contributed by atoms with van der Waals surface area (Å²) < 4.78 is 10.6. The van der Waals surface area contributed by atoms with Crippen LogP contribution in [0.1, 0.15) is 29.0 Å². The van der Waals surface area contributed by atoms with Crippen LogP contribution < -0.4 is 10.6 Å². The van der Waals surface area contributed by atoms with Crippen LogP contribution in [-0.4, -0.2) is 31.5 Å². The predicted molar refractivity (Wildman–Crippen MR) is 89.4 cm³/mol. The normalized spacial score (nSPS) is 10.3. The number of amides is 2. The minimum Gasteiger partial charge on any atom is -0.467 e. The van der Waals surface area contributed by atoms with Gasteiger partial charge in [0, 0.05) is 31.7 Å². The Morgan fingerprint density at radius 3 is 2.58 bits per heavy atom. The molecule has 0 aliphatic heterocycles. The van der Waals surface area contributed by atoms with Crippen LogP contribution in [0.2, 0.25) is 0 Å². The Labute approximate surface area is 141 Å². The minimum absolute atomic E-state index is 0.0885. The molecule has 0 saturated carbocycles. The van der Waals surface area contributed by atoms with Gasteiger partial charge in [-0.25, -0.2) is 0 Å². The number of carbonyl (C=O) groups is 2. The molecule has 1 heterocycles. The number of furan rings is 1. The van der Waals surface area contributed by atoms with Gasteiger partial charge in [0.25, 0.3) is 5.91 Å². The van der Waals surface area contributed by atoms with E-state index in [0.29, 0.717) is 31.9 Å². The van der Waals surface area contributed by atoms with Crippen molar-refractivity contribution < 1.29 is 18.7 Å². The average molecular weight is 330 g/mol. The van der Waals surface area contributed by atoms with Crippen molar-refractivity contribution in [3.05, 3.63) is 60.1 Å². The summed E-state index contributed by atoms with van der Waals surface area (Å²) in [7, 11) is 0. The van der Waals surface area contributed by atoms with E-state index >= 15 is 0 Å². The lowest BCUT2D eigenvalue weighted by Gasteiger charge is -2.07. The zero-order valence-electron chi connectivity index (χ0n) is 13.5. The van der Waals surface area contributed by atoms with E-state index in [2.05, 4.69) is 10.6 Å². The Morgan fingerprint density at radius 2 is 1.83 bits per heavy atom. The Morgan fingerprint density at radius 1 is 1.00 bits per heavy atom. The molecular formula is C18H22N2O4. The zero-order chi connectivity index (χ0) is 17.0. The molecule has 6 heteroatoms. The number of ether oxygens (including phenoxy) is 1. The van der Waals surface area contributed by atoms with Gasteiger partial charge in [0.05, 0.1) is 6.26 Å². The molecule has 2 aromatic rings. The minimum atomic E-state index is -0.172. The van der Waals surface area contributed by atoms with E-state index in [4.69, 9.17) is 9.15 Å². The second-order valence-corrected chi connectivity index (χ2v) is 5.21. The summed E-state index contributed by atoms with van der Waals surface area (Å²) in [5.74, 6) is 0.525. The van der Waals surface area contributed by atoms with E-state index in [1.165, 1.54) is 0 Å². The summed E-state index contributed by atoms with van der Waals surface area (Å²) in [5, 5.41) is 5.52. The fourth-order valence-corrected chi connectivity index (χ4v) is 2.04. The highest BCUT2D eigenvalue weighted by Crippen LogP contribution is 2.01. The van der Waals surface area contributed by atoms with Crippen molar-refractivity contribution in [2.75, 3.05) is 19.7 Å². The van der Waals surface area contributed by atoms with Gasteiger partial charge < -0.3 is 19.8 Å². The van der Waals surface area contributed by atoms with Crippen LogP contribution in [0.15, 0.2) is 53.1 Å². The molecule has 2 amide bonds. The van der Waals surface area contributed by atoms with Gasteiger partial charge in [0.2, 0.25) is 5.91 Å². The summed E-state index contributed by atoms with van der Waals surface area (Å²) in [6.07, 6.45) is 2.59. The van der Waals surface area contributed by atoms with Gasteiger partial charge in [-0.1, -0.05) is 18.2 Å². The predicted octanol–water partition coefficient (Wildman–Crippen LogP) is 2.12. The van der Waals surface area contributed by atoms with Gasteiger partial charge in [-0.3, -0.25) is 9.59 Å². The third-order valence-corrected chi connectivity index (χ3v) is 3.29. The molecule has 6 nitrogen and oxygen atoms in total. The molecule has 1 aromatic carbocycles. The molecule has 0 fully saturated rings. The second kappa shape index (κ2) is 10.2. The quantitative estimate of drug-likeness (QED) is 0.654. The summed E-state index contributed by atoms with van der Waals surface area (Å²) in [6.45, 7) is 1.84. The summed E-state index contributed by atoms with van der Waals surface area (Å²) in [5.41, 5.74) is 0.589. The first-order chi connectivity index (χ1) is 11.8. The number of hydrogen-bond acceptors (Lipinski definition) is 4. The molecule has 0 aliphatic rings. The maximum atomic E-state index is 11.8. The average Bonchev–Trinajstić information content (AvgIpc) is 3.12. The van der Waals surface area contributed by atoms with Gasteiger partial charge in [-0.2, -0.15) is 0 Å². The largest absolute Gasteiger partial charge is 0.467 e. The first-order valence-electron chi connectivity index (χ1n) is 7.96. The van der Waals surface area contributed by atoms with E-state index < -0.39 is 0 Å². The Kier molecular flexibility index (Phi) is 7.56. The monoisotopic (exact) mass is 330 g/mol. The first-order valence-corrected chi connectivity index (χ1v) is 7.96. The SMILES string of the molecule is O=C(CCNC(=O)c1ccccc1)NCCCOCc1ccco1. The summed E-state index contributed by atoms with van der Waals surface area (Å²) in [6, 6.07) is 12.6. The molecule has 24 heavy (non-hydrogen) atoms. The summed E-state index contributed by atoms with van der Waals surface area (Å²) in [4.78, 5) is 23.5. The van der Waals surface area contributed by atoms with E-state index in [-0.39, 0.29) is 18.2 Å². The van der Waals surface area contributed by atoms with Crippen molar-refractivity contribution in [1.82, 2.24) is 10.6 Å². The van der Waals surface area contributed by atoms with Crippen LogP contribution in [0.3, 0.4) is 0 Å². The van der Waals surface area contributed by atoms with Crippen molar-refractivity contribution in [3.63, 3.8) is 0 Å². The van der Waals surface area contributed by atoms with Crippen molar-refractivity contribution in [2.24, 2.45) is 0 Å². The second-order valence-electron chi connectivity index (χ2n) is 5.21. The number of rotatable bonds is 10. The van der Waals surface area contributed by atoms with Crippen LogP contribution in [0.4, 0.5) is 0 Å². The van der Waals surface area contributed by atoms with E-state index in [9.17, 15) is 9.59 Å². The molecule has 0 spiro atoms. The molecule has 0 bridgehead atoms. The lowest BCUT2D eigenvalue weighted by Crippen LogP contribution is -2.31. The Bertz CT molecular complexity index is 611. The van der Waals surface area contributed by atoms with Gasteiger partial charge in [0.15, 0.2) is 0 Å². The fourth-order valence-electron chi connectivity index (χ4n) is 2.04. The van der Waals surface area contributed by atoms with Crippen LogP contribution in [0, 0.1) is 0 Å². The van der Waals surface area contributed by atoms with E-state index in [1.54, 1.807) is 30.5 Å². The number of carbonyl (C=O) groups excluding carboxylic acids is 2. The molecule has 0 saturated heterocycles. The highest BCUT2D eigenvalue weighted by molar-refractivity contribution is 5.94. The van der Waals surface area contributed by atoms with Crippen molar-refractivity contribution in [1.29, 1.82) is 0 Å².